The molecular weight excluding hydrogens is 312 g/mol. The van der Waals surface area contributed by atoms with Crippen molar-refractivity contribution in [2.75, 3.05) is 0 Å². The van der Waals surface area contributed by atoms with Crippen molar-refractivity contribution in [2.45, 2.75) is 20.1 Å². The first-order valence-electron chi connectivity index (χ1n) is 8.16. The van der Waals surface area contributed by atoms with Crippen molar-refractivity contribution in [3.63, 3.8) is 0 Å². The van der Waals surface area contributed by atoms with E-state index in [1.807, 2.05) is 30.3 Å². The Morgan fingerprint density at radius 2 is 1.88 bits per heavy atom. The van der Waals surface area contributed by atoms with Crippen molar-refractivity contribution in [3.8, 4) is 5.75 Å². The number of carbonyl (C=O) groups excluding carboxylic acids is 1. The Balaban J connectivity index is 1.51. The smallest absolute Gasteiger partial charge is 0.253 e. The van der Waals surface area contributed by atoms with Gasteiger partial charge in [-0.05, 0) is 42.3 Å². The highest BCUT2D eigenvalue weighted by atomic mass is 16.5. The molecule has 1 heterocycles. The summed E-state index contributed by atoms with van der Waals surface area (Å²) >= 11 is 0. The lowest BCUT2D eigenvalue weighted by atomic mass is 10.1. The highest BCUT2D eigenvalue weighted by Crippen LogP contribution is 2.15. The first kappa shape index (κ1) is 16.7. The number of ether oxygens (including phenoxy) is 1. The van der Waals surface area contributed by atoms with Crippen molar-refractivity contribution in [3.05, 3.63) is 95.3 Å². The van der Waals surface area contributed by atoms with Gasteiger partial charge >= 0.3 is 0 Å². The second kappa shape index (κ2) is 8.11. The molecule has 0 spiro atoms. The van der Waals surface area contributed by atoms with Crippen LogP contribution in [0.5, 0.6) is 5.75 Å². The summed E-state index contributed by atoms with van der Waals surface area (Å²) in [4.78, 5) is 15.9. The van der Waals surface area contributed by atoms with E-state index in [1.54, 1.807) is 24.5 Å². The molecule has 1 amide bonds. The molecule has 0 unspecified atom stereocenters. The fourth-order valence-electron chi connectivity index (χ4n) is 2.45. The molecule has 0 saturated carbocycles. The Kier molecular flexibility index (Phi) is 5.42. The summed E-state index contributed by atoms with van der Waals surface area (Å²) in [5, 5.41) is 2.88. The summed E-state index contributed by atoms with van der Waals surface area (Å²) in [6.07, 6.45) is 3.20. The van der Waals surface area contributed by atoms with E-state index < -0.39 is 0 Å². The second-order valence-electron chi connectivity index (χ2n) is 5.85. The number of nitrogens with zero attached hydrogens (tertiary/aromatic N) is 1. The molecule has 0 aliphatic rings. The predicted molar refractivity (Wildman–Crippen MR) is 97.4 cm³/mol. The maximum Gasteiger partial charge on any atom is 0.253 e. The largest absolute Gasteiger partial charge is 0.489 e. The molecule has 0 fully saturated rings. The van der Waals surface area contributed by atoms with E-state index in [0.717, 1.165) is 16.9 Å². The van der Waals surface area contributed by atoms with E-state index in [1.165, 1.54) is 5.56 Å². The molecule has 1 aromatic heterocycles. The third kappa shape index (κ3) is 4.91. The van der Waals surface area contributed by atoms with Gasteiger partial charge in [0.15, 0.2) is 0 Å². The Morgan fingerprint density at radius 3 is 2.60 bits per heavy atom. The van der Waals surface area contributed by atoms with Gasteiger partial charge in [0.05, 0.1) is 5.56 Å². The van der Waals surface area contributed by atoms with Gasteiger partial charge in [0, 0.05) is 18.9 Å². The third-order valence-electron chi connectivity index (χ3n) is 3.79. The molecule has 1 N–H and O–H groups in total. The zero-order chi connectivity index (χ0) is 17.5. The standard InChI is InChI=1S/C21H20N2O2/c1-16-4-2-5-18(12-16)15-25-20-9-7-17(8-10-20)13-23-21(24)19-6-3-11-22-14-19/h2-12,14H,13,15H2,1H3,(H,23,24). The quantitative estimate of drug-likeness (QED) is 0.745. The molecule has 25 heavy (non-hydrogen) atoms. The molecule has 3 aromatic rings. The van der Waals surface area contributed by atoms with Crippen LogP contribution < -0.4 is 10.1 Å². The maximum atomic E-state index is 12.0. The van der Waals surface area contributed by atoms with Crippen LogP contribution in [-0.2, 0) is 13.2 Å². The van der Waals surface area contributed by atoms with Crippen LogP contribution in [-0.4, -0.2) is 10.9 Å². The van der Waals surface area contributed by atoms with E-state index >= 15 is 0 Å². The van der Waals surface area contributed by atoms with E-state index in [2.05, 4.69) is 35.4 Å². The summed E-state index contributed by atoms with van der Waals surface area (Å²) in [5.74, 6) is 0.678. The number of carbonyl (C=O) groups is 1. The topological polar surface area (TPSA) is 51.2 Å². The molecular formula is C21H20N2O2. The summed E-state index contributed by atoms with van der Waals surface area (Å²) in [7, 11) is 0. The minimum absolute atomic E-state index is 0.132. The number of pyridine rings is 1. The average Bonchev–Trinajstić information content (AvgIpc) is 2.66. The fraction of sp³-hybridized carbons (Fsp3) is 0.143. The van der Waals surface area contributed by atoms with Gasteiger partial charge in [-0.1, -0.05) is 42.0 Å². The number of aromatic nitrogens is 1. The van der Waals surface area contributed by atoms with Gasteiger partial charge in [0.2, 0.25) is 0 Å². The number of rotatable bonds is 6. The molecule has 0 radical (unpaired) electrons. The zero-order valence-corrected chi connectivity index (χ0v) is 14.1. The molecule has 0 atom stereocenters. The van der Waals surface area contributed by atoms with Crippen LogP contribution >= 0.6 is 0 Å². The molecule has 126 valence electrons. The van der Waals surface area contributed by atoms with Gasteiger partial charge in [-0.25, -0.2) is 0 Å². The molecule has 4 nitrogen and oxygen atoms in total. The van der Waals surface area contributed by atoms with Gasteiger partial charge < -0.3 is 10.1 Å². The Labute approximate surface area is 147 Å². The summed E-state index contributed by atoms with van der Waals surface area (Å²) < 4.78 is 5.80. The van der Waals surface area contributed by atoms with E-state index in [4.69, 9.17) is 4.74 Å². The Bertz CT molecular complexity index is 830. The zero-order valence-electron chi connectivity index (χ0n) is 14.1. The number of amides is 1. The Morgan fingerprint density at radius 1 is 1.04 bits per heavy atom. The summed E-state index contributed by atoms with van der Waals surface area (Å²) in [5.41, 5.74) is 3.94. The van der Waals surface area contributed by atoms with Gasteiger partial charge in [-0.2, -0.15) is 0 Å². The highest BCUT2D eigenvalue weighted by molar-refractivity contribution is 5.93. The molecule has 2 aromatic carbocycles. The normalized spacial score (nSPS) is 10.3. The molecule has 3 rings (SSSR count). The molecule has 0 saturated heterocycles. The van der Waals surface area contributed by atoms with Crippen LogP contribution in [0.25, 0.3) is 0 Å². The van der Waals surface area contributed by atoms with Crippen molar-refractivity contribution < 1.29 is 9.53 Å². The van der Waals surface area contributed by atoms with Gasteiger partial charge in [0.1, 0.15) is 12.4 Å². The molecule has 4 heteroatoms. The third-order valence-corrected chi connectivity index (χ3v) is 3.79. The van der Waals surface area contributed by atoms with Crippen molar-refractivity contribution in [1.82, 2.24) is 10.3 Å². The molecule has 0 bridgehead atoms. The fourth-order valence-corrected chi connectivity index (χ4v) is 2.45. The lowest BCUT2D eigenvalue weighted by Gasteiger charge is -2.09. The van der Waals surface area contributed by atoms with Crippen LogP contribution in [0, 0.1) is 6.92 Å². The number of aryl methyl sites for hydroxylation is 1. The lowest BCUT2D eigenvalue weighted by molar-refractivity contribution is 0.0950. The van der Waals surface area contributed by atoms with Crippen LogP contribution in [0.15, 0.2) is 73.1 Å². The van der Waals surface area contributed by atoms with E-state index in [-0.39, 0.29) is 5.91 Å². The number of hydrogen-bond donors (Lipinski definition) is 1. The van der Waals surface area contributed by atoms with Crippen LogP contribution in [0.2, 0.25) is 0 Å². The van der Waals surface area contributed by atoms with Gasteiger partial charge in [-0.15, -0.1) is 0 Å². The van der Waals surface area contributed by atoms with Gasteiger partial charge in [0.25, 0.3) is 5.91 Å². The predicted octanol–water partition coefficient (Wildman–Crippen LogP) is 3.90. The minimum atomic E-state index is -0.132. The van der Waals surface area contributed by atoms with E-state index in [9.17, 15) is 4.79 Å². The first-order valence-corrected chi connectivity index (χ1v) is 8.16. The first-order chi connectivity index (χ1) is 12.2. The van der Waals surface area contributed by atoms with E-state index in [0.29, 0.717) is 18.7 Å². The molecule has 0 aliphatic carbocycles. The van der Waals surface area contributed by atoms with Crippen LogP contribution in [0.1, 0.15) is 27.0 Å². The van der Waals surface area contributed by atoms with Crippen molar-refractivity contribution >= 4 is 5.91 Å². The van der Waals surface area contributed by atoms with Gasteiger partial charge in [-0.3, -0.25) is 9.78 Å². The minimum Gasteiger partial charge on any atom is -0.489 e. The van der Waals surface area contributed by atoms with Crippen molar-refractivity contribution in [1.29, 1.82) is 0 Å². The average molecular weight is 332 g/mol. The SMILES string of the molecule is Cc1cccc(COc2ccc(CNC(=O)c3cccnc3)cc2)c1. The maximum absolute atomic E-state index is 12.0. The van der Waals surface area contributed by atoms with Crippen molar-refractivity contribution in [2.24, 2.45) is 0 Å². The summed E-state index contributed by atoms with van der Waals surface area (Å²) in [6, 6.07) is 19.5. The summed E-state index contributed by atoms with van der Waals surface area (Å²) in [6.45, 7) is 3.07. The Hall–Kier alpha value is -3.14. The number of nitrogens with one attached hydrogen (secondary N) is 1. The van der Waals surface area contributed by atoms with Crippen LogP contribution in [0.4, 0.5) is 0 Å². The van der Waals surface area contributed by atoms with Crippen LogP contribution in [0.3, 0.4) is 0 Å². The monoisotopic (exact) mass is 332 g/mol. The highest BCUT2D eigenvalue weighted by Gasteiger charge is 2.04. The second-order valence-corrected chi connectivity index (χ2v) is 5.85. The number of benzene rings is 2. The lowest BCUT2D eigenvalue weighted by Crippen LogP contribution is -2.22. The molecule has 0 aliphatic heterocycles. The number of hydrogen-bond acceptors (Lipinski definition) is 3.